The minimum Gasteiger partial charge on any atom is -0.497 e. The lowest BCUT2D eigenvalue weighted by Crippen LogP contribution is -2.29. The summed E-state index contributed by atoms with van der Waals surface area (Å²) in [4.78, 5) is 25.4. The molecular formula is C25H27N5O3S. The third-order valence-corrected chi connectivity index (χ3v) is 6.71. The molecule has 34 heavy (non-hydrogen) atoms. The maximum atomic E-state index is 12.9. The number of aryl methyl sites for hydroxylation is 1. The average Bonchev–Trinajstić information content (AvgIpc) is 3.38. The van der Waals surface area contributed by atoms with Crippen molar-refractivity contribution >= 4 is 34.4 Å². The molecule has 4 aromatic rings. The summed E-state index contributed by atoms with van der Waals surface area (Å²) in [7, 11) is 5.38. The zero-order chi connectivity index (χ0) is 24.2. The summed E-state index contributed by atoms with van der Waals surface area (Å²) >= 11 is 1.34. The van der Waals surface area contributed by atoms with E-state index in [-0.39, 0.29) is 29.9 Å². The average molecular weight is 478 g/mol. The molecule has 0 aliphatic rings. The Morgan fingerprint density at radius 3 is 2.56 bits per heavy atom. The van der Waals surface area contributed by atoms with E-state index in [0.29, 0.717) is 16.5 Å². The SMILES string of the molecule is COc1ccc(CC(=O)N[C@H](C)c2nnc(SCC(=O)c3cn(C)c4ccccc34)n2C)cc1. The Balaban J connectivity index is 1.37. The van der Waals surface area contributed by atoms with Crippen LogP contribution in [0.5, 0.6) is 5.75 Å². The molecule has 2 heterocycles. The van der Waals surface area contributed by atoms with Crippen molar-refractivity contribution in [1.29, 1.82) is 0 Å². The molecule has 176 valence electrons. The number of amides is 1. The Labute approximate surface area is 202 Å². The van der Waals surface area contributed by atoms with E-state index in [9.17, 15) is 9.59 Å². The fraction of sp³-hybridized carbons (Fsp3) is 0.280. The summed E-state index contributed by atoms with van der Waals surface area (Å²) in [5.74, 6) is 1.55. The number of rotatable bonds is 9. The quantitative estimate of drug-likeness (QED) is 0.292. The number of carbonyl (C=O) groups is 2. The number of para-hydroxylation sites is 1. The Morgan fingerprint density at radius 1 is 1.09 bits per heavy atom. The van der Waals surface area contributed by atoms with Crippen LogP contribution in [0, 0.1) is 0 Å². The number of Topliss-reactive ketones (excluding diaryl/α,β-unsaturated/α-hetero) is 1. The van der Waals surface area contributed by atoms with E-state index in [1.54, 1.807) is 7.11 Å². The number of hydrogen-bond donors (Lipinski definition) is 1. The van der Waals surface area contributed by atoms with Gasteiger partial charge in [0.15, 0.2) is 16.8 Å². The number of nitrogens with one attached hydrogen (secondary N) is 1. The number of aromatic nitrogens is 4. The van der Waals surface area contributed by atoms with Gasteiger partial charge in [0.25, 0.3) is 0 Å². The van der Waals surface area contributed by atoms with E-state index in [0.717, 1.165) is 22.2 Å². The predicted molar refractivity (Wildman–Crippen MR) is 132 cm³/mol. The fourth-order valence-corrected chi connectivity index (χ4v) is 4.69. The molecule has 0 fully saturated rings. The van der Waals surface area contributed by atoms with Gasteiger partial charge in [-0.2, -0.15) is 0 Å². The second-order valence-electron chi connectivity index (χ2n) is 8.10. The summed E-state index contributed by atoms with van der Waals surface area (Å²) in [6.07, 6.45) is 2.13. The van der Waals surface area contributed by atoms with E-state index in [1.165, 1.54) is 11.8 Å². The number of ketones is 1. The van der Waals surface area contributed by atoms with Crippen molar-refractivity contribution in [3.8, 4) is 5.75 Å². The normalized spacial score (nSPS) is 12.0. The van der Waals surface area contributed by atoms with Gasteiger partial charge < -0.3 is 19.2 Å². The Kier molecular flexibility index (Phi) is 7.02. The van der Waals surface area contributed by atoms with Gasteiger partial charge in [-0.1, -0.05) is 42.1 Å². The zero-order valence-corrected chi connectivity index (χ0v) is 20.4. The Morgan fingerprint density at radius 2 is 1.82 bits per heavy atom. The summed E-state index contributed by atoms with van der Waals surface area (Å²) in [6, 6.07) is 14.9. The molecule has 9 heteroatoms. The second kappa shape index (κ2) is 10.1. The molecule has 1 amide bonds. The number of methoxy groups -OCH3 is 1. The molecule has 0 saturated carbocycles. The third kappa shape index (κ3) is 4.99. The molecule has 0 saturated heterocycles. The fourth-order valence-electron chi connectivity index (χ4n) is 3.89. The molecule has 8 nitrogen and oxygen atoms in total. The van der Waals surface area contributed by atoms with Crippen molar-refractivity contribution in [3.63, 3.8) is 0 Å². The number of fused-ring (bicyclic) bond motifs is 1. The Hall–Kier alpha value is -3.59. The molecule has 0 aliphatic heterocycles. The molecule has 0 aliphatic carbocycles. The van der Waals surface area contributed by atoms with Crippen molar-refractivity contribution in [1.82, 2.24) is 24.6 Å². The zero-order valence-electron chi connectivity index (χ0n) is 19.6. The van der Waals surface area contributed by atoms with Crippen molar-refractivity contribution in [2.45, 2.75) is 24.5 Å². The summed E-state index contributed by atoms with van der Waals surface area (Å²) < 4.78 is 8.93. The van der Waals surface area contributed by atoms with E-state index in [2.05, 4.69) is 15.5 Å². The van der Waals surface area contributed by atoms with Gasteiger partial charge in [0, 0.05) is 36.8 Å². The number of hydrogen-bond acceptors (Lipinski definition) is 6. The van der Waals surface area contributed by atoms with Gasteiger partial charge in [0.1, 0.15) is 5.75 Å². The number of nitrogens with zero attached hydrogens (tertiary/aromatic N) is 4. The van der Waals surface area contributed by atoms with Gasteiger partial charge in [-0.25, -0.2) is 0 Å². The summed E-state index contributed by atoms with van der Waals surface area (Å²) in [5.41, 5.74) is 2.62. The van der Waals surface area contributed by atoms with Gasteiger partial charge in [0.2, 0.25) is 5.91 Å². The first kappa shape index (κ1) is 23.6. The molecule has 2 aromatic carbocycles. The molecule has 1 atom stereocenters. The van der Waals surface area contributed by atoms with Crippen molar-refractivity contribution in [3.05, 3.63) is 71.7 Å². The minimum absolute atomic E-state index is 0.0344. The van der Waals surface area contributed by atoms with Crippen LogP contribution < -0.4 is 10.1 Å². The lowest BCUT2D eigenvalue weighted by Gasteiger charge is -2.13. The maximum Gasteiger partial charge on any atom is 0.224 e. The van der Waals surface area contributed by atoms with Crippen LogP contribution in [-0.2, 0) is 25.3 Å². The number of thioether (sulfide) groups is 1. The first-order chi connectivity index (χ1) is 16.4. The third-order valence-electron chi connectivity index (χ3n) is 5.69. The number of ether oxygens (including phenoxy) is 1. The first-order valence-corrected chi connectivity index (χ1v) is 11.9. The van der Waals surface area contributed by atoms with Crippen LogP contribution in [0.2, 0.25) is 0 Å². The van der Waals surface area contributed by atoms with Gasteiger partial charge in [-0.15, -0.1) is 10.2 Å². The van der Waals surface area contributed by atoms with E-state index >= 15 is 0 Å². The van der Waals surface area contributed by atoms with Crippen LogP contribution in [0.3, 0.4) is 0 Å². The van der Waals surface area contributed by atoms with Crippen molar-refractivity contribution < 1.29 is 14.3 Å². The van der Waals surface area contributed by atoms with Crippen LogP contribution in [-0.4, -0.2) is 43.9 Å². The standard InChI is InChI=1S/C25H27N5O3S/c1-16(26-23(32)13-17-9-11-18(33-4)12-10-17)24-27-28-25(30(24)3)34-15-22(31)20-14-29(2)21-8-6-5-7-19(20)21/h5-12,14,16H,13,15H2,1-4H3,(H,26,32)/t16-/m1/s1. The summed E-state index contributed by atoms with van der Waals surface area (Å²) in [5, 5.41) is 13.0. The lowest BCUT2D eigenvalue weighted by atomic mass is 10.1. The van der Waals surface area contributed by atoms with E-state index in [4.69, 9.17) is 4.74 Å². The molecule has 0 radical (unpaired) electrons. The smallest absolute Gasteiger partial charge is 0.224 e. The topological polar surface area (TPSA) is 91.0 Å². The van der Waals surface area contributed by atoms with Crippen molar-refractivity contribution in [2.75, 3.05) is 12.9 Å². The van der Waals surface area contributed by atoms with Gasteiger partial charge in [-0.3, -0.25) is 9.59 Å². The highest BCUT2D eigenvalue weighted by Gasteiger charge is 2.20. The Bertz CT molecular complexity index is 1330. The first-order valence-electron chi connectivity index (χ1n) is 10.9. The molecule has 4 rings (SSSR count). The largest absolute Gasteiger partial charge is 0.497 e. The molecule has 1 N–H and O–H groups in total. The molecule has 0 unspecified atom stereocenters. The van der Waals surface area contributed by atoms with Gasteiger partial charge in [0.05, 0.1) is 25.3 Å². The van der Waals surface area contributed by atoms with E-state index < -0.39 is 0 Å². The molecule has 0 bridgehead atoms. The molecular weight excluding hydrogens is 450 g/mol. The highest BCUT2D eigenvalue weighted by atomic mass is 32.2. The van der Waals surface area contributed by atoms with Gasteiger partial charge in [-0.05, 0) is 30.7 Å². The van der Waals surface area contributed by atoms with Crippen LogP contribution in [0.15, 0.2) is 59.9 Å². The summed E-state index contributed by atoms with van der Waals surface area (Å²) in [6.45, 7) is 1.87. The predicted octanol–water partition coefficient (Wildman–Crippen LogP) is 3.71. The number of carbonyl (C=O) groups excluding carboxylic acids is 2. The lowest BCUT2D eigenvalue weighted by molar-refractivity contribution is -0.121. The monoisotopic (exact) mass is 477 g/mol. The highest BCUT2D eigenvalue weighted by Crippen LogP contribution is 2.24. The van der Waals surface area contributed by atoms with Crippen molar-refractivity contribution in [2.24, 2.45) is 14.1 Å². The number of benzene rings is 2. The van der Waals surface area contributed by atoms with E-state index in [1.807, 2.05) is 84.9 Å². The highest BCUT2D eigenvalue weighted by molar-refractivity contribution is 7.99. The second-order valence-corrected chi connectivity index (χ2v) is 9.04. The molecule has 2 aromatic heterocycles. The maximum absolute atomic E-state index is 12.9. The van der Waals surface area contributed by atoms with Crippen LogP contribution in [0.4, 0.5) is 0 Å². The van der Waals surface area contributed by atoms with Crippen LogP contribution in [0.25, 0.3) is 10.9 Å². The van der Waals surface area contributed by atoms with Crippen LogP contribution in [0.1, 0.15) is 34.7 Å². The van der Waals surface area contributed by atoms with Gasteiger partial charge >= 0.3 is 0 Å². The minimum atomic E-state index is -0.327. The molecule has 0 spiro atoms. The van der Waals surface area contributed by atoms with Crippen LogP contribution >= 0.6 is 11.8 Å².